The molecule has 1 heteroatoms. The molecule has 0 saturated carbocycles. The van der Waals surface area contributed by atoms with Crippen molar-refractivity contribution < 1.29 is 0 Å². The molecule has 0 aliphatic rings. The van der Waals surface area contributed by atoms with Gasteiger partial charge in [0.2, 0.25) is 0 Å². The van der Waals surface area contributed by atoms with E-state index < -0.39 is 0 Å². The van der Waals surface area contributed by atoms with E-state index in [1.807, 2.05) is 0 Å². The molecule has 0 aliphatic heterocycles. The van der Waals surface area contributed by atoms with Gasteiger partial charge in [0.15, 0.2) is 0 Å². The molecule has 88 valence electrons. The Bertz CT molecular complexity index is 639. The van der Waals surface area contributed by atoms with E-state index in [4.69, 9.17) is 0 Å². The minimum atomic E-state index is 0.519. The first-order chi connectivity index (χ1) is 8.93. The van der Waals surface area contributed by atoms with Crippen LogP contribution in [-0.2, 0) is 5.32 Å². The van der Waals surface area contributed by atoms with Crippen LogP contribution in [-0.4, -0.2) is 15.0 Å². The second kappa shape index (κ2) is 5.39. The topological polar surface area (TPSA) is 0 Å². The fraction of sp³-hybridized carbons (Fsp3) is 0.0588. The Morgan fingerprint density at radius 1 is 0.667 bits per heavy atom. The van der Waals surface area contributed by atoms with Gasteiger partial charge in [0.1, 0.15) is 0 Å². The van der Waals surface area contributed by atoms with E-state index in [0.29, 0.717) is 15.0 Å². The van der Waals surface area contributed by atoms with E-state index >= 15 is 0 Å². The molecule has 0 atom stereocenters. The van der Waals surface area contributed by atoms with E-state index in [1.165, 1.54) is 26.1 Å². The van der Waals surface area contributed by atoms with Crippen LogP contribution in [0.4, 0.5) is 0 Å². The van der Waals surface area contributed by atoms with Crippen molar-refractivity contribution in [1.82, 2.24) is 0 Å². The third-order valence-electron chi connectivity index (χ3n) is 3.02. The van der Waals surface area contributed by atoms with Crippen LogP contribution in [0.5, 0.6) is 0 Å². The van der Waals surface area contributed by atoms with Crippen molar-refractivity contribution in [2.24, 2.45) is 0 Å². The third kappa shape index (κ3) is 2.48. The summed E-state index contributed by atoms with van der Waals surface area (Å²) in [5.41, 5.74) is 1.47. The summed E-state index contributed by atoms with van der Waals surface area (Å²) in [6.45, 7) is 0. The Labute approximate surface area is 114 Å². The van der Waals surface area contributed by atoms with Crippen molar-refractivity contribution in [3.05, 3.63) is 78.4 Å². The van der Waals surface area contributed by atoms with Gasteiger partial charge in [-0.1, -0.05) is 0 Å². The van der Waals surface area contributed by atoms with Gasteiger partial charge in [-0.2, -0.15) is 0 Å². The molecule has 0 aliphatic carbocycles. The quantitative estimate of drug-likeness (QED) is 0.650. The SMILES string of the molecule is c1ccc([Se]Cc2cccc3ccccc23)cc1. The zero-order valence-electron chi connectivity index (χ0n) is 10.0. The number of rotatable bonds is 3. The molecule has 0 bridgehead atoms. The number of hydrogen-bond donors (Lipinski definition) is 0. The van der Waals surface area contributed by atoms with E-state index in [-0.39, 0.29) is 0 Å². The summed E-state index contributed by atoms with van der Waals surface area (Å²) in [5.74, 6) is 0. The normalized spacial score (nSPS) is 10.7. The molecule has 0 saturated heterocycles. The third-order valence-corrected chi connectivity index (χ3v) is 5.24. The second-order valence-corrected chi connectivity index (χ2v) is 6.44. The predicted octanol–water partition coefficient (Wildman–Crippen LogP) is 3.37. The Morgan fingerprint density at radius 2 is 1.39 bits per heavy atom. The molecule has 0 radical (unpaired) electrons. The van der Waals surface area contributed by atoms with E-state index in [0.717, 1.165) is 0 Å². The molecule has 0 unspecified atom stereocenters. The van der Waals surface area contributed by atoms with Gasteiger partial charge in [0.25, 0.3) is 0 Å². The number of benzene rings is 3. The Balaban J connectivity index is 1.87. The fourth-order valence-electron chi connectivity index (χ4n) is 2.10. The van der Waals surface area contributed by atoms with Gasteiger partial charge in [0.05, 0.1) is 0 Å². The molecule has 3 aromatic rings. The van der Waals surface area contributed by atoms with Crippen LogP contribution in [0, 0.1) is 0 Å². The summed E-state index contributed by atoms with van der Waals surface area (Å²) in [7, 11) is 0. The zero-order valence-corrected chi connectivity index (χ0v) is 11.8. The summed E-state index contributed by atoms with van der Waals surface area (Å²) < 4.78 is 1.47. The van der Waals surface area contributed by atoms with Crippen molar-refractivity contribution in [3.63, 3.8) is 0 Å². The predicted molar refractivity (Wildman–Crippen MR) is 79.5 cm³/mol. The summed E-state index contributed by atoms with van der Waals surface area (Å²) in [6.07, 6.45) is 0. The maximum atomic E-state index is 2.26. The molecule has 0 fully saturated rings. The van der Waals surface area contributed by atoms with Crippen LogP contribution >= 0.6 is 0 Å². The molecule has 0 N–H and O–H groups in total. The van der Waals surface area contributed by atoms with Crippen molar-refractivity contribution in [2.45, 2.75) is 5.32 Å². The average molecular weight is 297 g/mol. The van der Waals surface area contributed by atoms with E-state index in [2.05, 4.69) is 72.8 Å². The van der Waals surface area contributed by atoms with Gasteiger partial charge in [-0.3, -0.25) is 0 Å². The minimum absolute atomic E-state index is 0.519. The molecule has 3 aromatic carbocycles. The van der Waals surface area contributed by atoms with Crippen molar-refractivity contribution in [3.8, 4) is 0 Å². The molecule has 0 nitrogen and oxygen atoms in total. The van der Waals surface area contributed by atoms with Gasteiger partial charge in [0, 0.05) is 0 Å². The molecule has 18 heavy (non-hydrogen) atoms. The molecule has 0 amide bonds. The van der Waals surface area contributed by atoms with E-state index in [1.54, 1.807) is 0 Å². The van der Waals surface area contributed by atoms with Crippen LogP contribution < -0.4 is 4.46 Å². The average Bonchev–Trinajstić information content (AvgIpc) is 2.46. The monoisotopic (exact) mass is 298 g/mol. The summed E-state index contributed by atoms with van der Waals surface area (Å²) >= 11 is 0.519. The zero-order chi connectivity index (χ0) is 12.2. The standard InChI is InChI=1S/C17H14Se/c1-2-10-16(11-3-1)18-13-15-9-6-8-14-7-4-5-12-17(14)15/h1-12H,13H2. The maximum absolute atomic E-state index is 2.26. The van der Waals surface area contributed by atoms with Gasteiger partial charge < -0.3 is 0 Å². The molecule has 0 aromatic heterocycles. The summed E-state index contributed by atoms with van der Waals surface area (Å²) in [4.78, 5) is 0. The summed E-state index contributed by atoms with van der Waals surface area (Å²) in [6, 6.07) is 26.0. The van der Waals surface area contributed by atoms with Crippen LogP contribution in [0.2, 0.25) is 0 Å². The second-order valence-electron chi connectivity index (χ2n) is 4.24. The fourth-order valence-corrected chi connectivity index (χ4v) is 4.03. The molecule has 0 spiro atoms. The van der Waals surface area contributed by atoms with Crippen molar-refractivity contribution >= 4 is 30.2 Å². The molecular formula is C17H14Se. The molecule has 3 rings (SSSR count). The van der Waals surface area contributed by atoms with Crippen molar-refractivity contribution in [1.29, 1.82) is 0 Å². The van der Waals surface area contributed by atoms with Gasteiger partial charge >= 0.3 is 114 Å². The van der Waals surface area contributed by atoms with Gasteiger partial charge in [-0.25, -0.2) is 0 Å². The first kappa shape index (κ1) is 11.5. The number of fused-ring (bicyclic) bond motifs is 1. The number of hydrogen-bond acceptors (Lipinski definition) is 0. The van der Waals surface area contributed by atoms with Crippen LogP contribution in [0.3, 0.4) is 0 Å². The van der Waals surface area contributed by atoms with Crippen LogP contribution in [0.1, 0.15) is 5.56 Å². The van der Waals surface area contributed by atoms with Crippen molar-refractivity contribution in [2.75, 3.05) is 0 Å². The molecule has 0 heterocycles. The Kier molecular flexibility index (Phi) is 3.45. The van der Waals surface area contributed by atoms with Gasteiger partial charge in [-0.05, 0) is 0 Å². The Morgan fingerprint density at radius 3 is 2.28 bits per heavy atom. The first-order valence-electron chi connectivity index (χ1n) is 6.08. The van der Waals surface area contributed by atoms with Gasteiger partial charge in [-0.15, -0.1) is 0 Å². The molecular weight excluding hydrogens is 283 g/mol. The van der Waals surface area contributed by atoms with Crippen LogP contribution in [0.15, 0.2) is 72.8 Å². The van der Waals surface area contributed by atoms with E-state index in [9.17, 15) is 0 Å². The Hall–Kier alpha value is -1.56. The summed E-state index contributed by atoms with van der Waals surface area (Å²) in [5, 5.41) is 3.91. The van der Waals surface area contributed by atoms with Crippen LogP contribution in [0.25, 0.3) is 10.8 Å². The first-order valence-corrected chi connectivity index (χ1v) is 8.15.